The van der Waals surface area contributed by atoms with Crippen molar-refractivity contribution < 1.29 is 18.8 Å². The van der Waals surface area contributed by atoms with E-state index in [1.807, 2.05) is 24.3 Å². The van der Waals surface area contributed by atoms with Crippen LogP contribution in [0.1, 0.15) is 10.5 Å². The summed E-state index contributed by atoms with van der Waals surface area (Å²) in [7, 11) is 1.61. The molecule has 3 rings (SSSR count). The minimum atomic E-state index is -0.230. The van der Waals surface area contributed by atoms with Gasteiger partial charge in [-0.1, -0.05) is 5.16 Å². The Kier molecular flexibility index (Phi) is 5.45. The van der Waals surface area contributed by atoms with Crippen molar-refractivity contribution >= 4 is 5.91 Å². The maximum atomic E-state index is 12.1. The fourth-order valence-electron chi connectivity index (χ4n) is 2.52. The zero-order valence-corrected chi connectivity index (χ0v) is 13.7. The van der Waals surface area contributed by atoms with Crippen LogP contribution in [0.5, 0.6) is 5.75 Å². The third-order valence-corrected chi connectivity index (χ3v) is 3.93. The summed E-state index contributed by atoms with van der Waals surface area (Å²) in [6.45, 7) is 4.69. The largest absolute Gasteiger partial charge is 0.497 e. The number of carbonyl (C=O) groups is 1. The monoisotopic (exact) mass is 331 g/mol. The van der Waals surface area contributed by atoms with Crippen LogP contribution in [0.4, 0.5) is 0 Å². The fraction of sp³-hybridized carbons (Fsp3) is 0.412. The number of benzene rings is 1. The predicted octanol–water partition coefficient (Wildman–Crippen LogP) is 1.41. The molecular weight excluding hydrogens is 310 g/mol. The fourth-order valence-corrected chi connectivity index (χ4v) is 2.52. The molecule has 1 fully saturated rings. The lowest BCUT2D eigenvalue weighted by atomic mass is 10.1. The van der Waals surface area contributed by atoms with Gasteiger partial charge in [0.15, 0.2) is 11.5 Å². The van der Waals surface area contributed by atoms with Gasteiger partial charge < -0.3 is 19.3 Å². The average Bonchev–Trinajstić information content (AvgIpc) is 3.13. The molecular formula is C17H21N3O4. The first-order valence-electron chi connectivity index (χ1n) is 7.96. The molecule has 1 aliphatic rings. The molecule has 0 radical (unpaired) electrons. The van der Waals surface area contributed by atoms with Gasteiger partial charge in [-0.05, 0) is 24.3 Å². The normalized spacial score (nSPS) is 15.2. The first-order valence-corrected chi connectivity index (χ1v) is 7.96. The van der Waals surface area contributed by atoms with Crippen molar-refractivity contribution in [2.75, 3.05) is 46.5 Å². The molecule has 0 atom stereocenters. The number of nitrogens with zero attached hydrogens (tertiary/aromatic N) is 2. The minimum Gasteiger partial charge on any atom is -0.497 e. The Hall–Kier alpha value is -2.38. The number of carbonyl (C=O) groups excluding carboxylic acids is 1. The molecule has 1 aromatic heterocycles. The molecule has 1 saturated heterocycles. The summed E-state index contributed by atoms with van der Waals surface area (Å²) in [5.74, 6) is 1.09. The summed E-state index contributed by atoms with van der Waals surface area (Å²) in [6.07, 6.45) is 0. The van der Waals surface area contributed by atoms with Crippen LogP contribution in [0.3, 0.4) is 0 Å². The van der Waals surface area contributed by atoms with E-state index in [4.69, 9.17) is 14.0 Å². The zero-order chi connectivity index (χ0) is 16.8. The van der Waals surface area contributed by atoms with Crippen LogP contribution in [0.2, 0.25) is 0 Å². The topological polar surface area (TPSA) is 76.8 Å². The second-order valence-corrected chi connectivity index (χ2v) is 5.51. The molecule has 1 aliphatic heterocycles. The number of rotatable bonds is 6. The van der Waals surface area contributed by atoms with E-state index in [1.165, 1.54) is 0 Å². The number of aromatic nitrogens is 1. The molecule has 7 heteroatoms. The summed E-state index contributed by atoms with van der Waals surface area (Å²) < 4.78 is 15.7. The molecule has 1 N–H and O–H groups in total. The average molecular weight is 331 g/mol. The van der Waals surface area contributed by atoms with Crippen LogP contribution < -0.4 is 10.1 Å². The maximum absolute atomic E-state index is 12.1. The quantitative estimate of drug-likeness (QED) is 0.862. The van der Waals surface area contributed by atoms with Gasteiger partial charge >= 0.3 is 0 Å². The Morgan fingerprint density at radius 1 is 1.29 bits per heavy atom. The van der Waals surface area contributed by atoms with Crippen LogP contribution in [0.15, 0.2) is 34.9 Å². The summed E-state index contributed by atoms with van der Waals surface area (Å²) >= 11 is 0. The van der Waals surface area contributed by atoms with Crippen LogP contribution in [-0.4, -0.2) is 62.5 Å². The van der Waals surface area contributed by atoms with Crippen molar-refractivity contribution in [3.05, 3.63) is 36.0 Å². The summed E-state index contributed by atoms with van der Waals surface area (Å²) in [4.78, 5) is 14.4. The van der Waals surface area contributed by atoms with E-state index >= 15 is 0 Å². The van der Waals surface area contributed by atoms with Gasteiger partial charge in [-0.25, -0.2) is 0 Å². The Morgan fingerprint density at radius 2 is 2.04 bits per heavy atom. The Labute approximate surface area is 140 Å². The van der Waals surface area contributed by atoms with Crippen molar-refractivity contribution in [2.24, 2.45) is 0 Å². The van der Waals surface area contributed by atoms with E-state index in [1.54, 1.807) is 13.2 Å². The van der Waals surface area contributed by atoms with Gasteiger partial charge in [0.25, 0.3) is 5.91 Å². The number of hydrogen-bond acceptors (Lipinski definition) is 6. The lowest BCUT2D eigenvalue weighted by molar-refractivity contribution is 0.0383. The van der Waals surface area contributed by atoms with Crippen molar-refractivity contribution in [3.8, 4) is 17.1 Å². The third kappa shape index (κ3) is 4.12. The smallest absolute Gasteiger partial charge is 0.273 e. The number of hydrogen-bond donors (Lipinski definition) is 1. The number of nitrogens with one attached hydrogen (secondary N) is 1. The molecule has 1 amide bonds. The number of amides is 1. The van der Waals surface area contributed by atoms with Crippen molar-refractivity contribution in [2.45, 2.75) is 0 Å². The first-order chi connectivity index (χ1) is 11.8. The third-order valence-electron chi connectivity index (χ3n) is 3.93. The molecule has 0 bridgehead atoms. The van der Waals surface area contributed by atoms with Gasteiger partial charge in [-0.3, -0.25) is 9.69 Å². The molecule has 0 spiro atoms. The van der Waals surface area contributed by atoms with Gasteiger partial charge in [-0.2, -0.15) is 0 Å². The SMILES string of the molecule is COc1ccc(-c2cc(C(=O)NCCN3CCOCC3)no2)cc1. The molecule has 0 unspecified atom stereocenters. The highest BCUT2D eigenvalue weighted by atomic mass is 16.5. The van der Waals surface area contributed by atoms with Gasteiger partial charge in [-0.15, -0.1) is 0 Å². The Bertz CT molecular complexity index is 663. The summed E-state index contributed by atoms with van der Waals surface area (Å²) in [5, 5.41) is 6.71. The highest BCUT2D eigenvalue weighted by molar-refractivity contribution is 5.93. The highest BCUT2D eigenvalue weighted by Gasteiger charge is 2.15. The van der Waals surface area contributed by atoms with Crippen LogP contribution in [0.25, 0.3) is 11.3 Å². The van der Waals surface area contributed by atoms with Crippen LogP contribution >= 0.6 is 0 Å². The second kappa shape index (κ2) is 7.94. The zero-order valence-electron chi connectivity index (χ0n) is 13.7. The Morgan fingerprint density at radius 3 is 2.75 bits per heavy atom. The molecule has 0 aliphatic carbocycles. The van der Waals surface area contributed by atoms with Gasteiger partial charge in [0.05, 0.1) is 20.3 Å². The maximum Gasteiger partial charge on any atom is 0.273 e. The molecule has 2 heterocycles. The van der Waals surface area contributed by atoms with Gasteiger partial charge in [0, 0.05) is 37.8 Å². The lowest BCUT2D eigenvalue weighted by Gasteiger charge is -2.26. The number of morpholine rings is 1. The number of methoxy groups -OCH3 is 1. The molecule has 1 aromatic carbocycles. The second-order valence-electron chi connectivity index (χ2n) is 5.51. The van der Waals surface area contributed by atoms with E-state index in [2.05, 4.69) is 15.4 Å². The Balaban J connectivity index is 1.53. The minimum absolute atomic E-state index is 0.230. The predicted molar refractivity (Wildman–Crippen MR) is 88.1 cm³/mol. The molecule has 2 aromatic rings. The van der Waals surface area contributed by atoms with E-state index in [0.29, 0.717) is 12.3 Å². The van der Waals surface area contributed by atoms with E-state index in [0.717, 1.165) is 44.2 Å². The summed E-state index contributed by atoms with van der Waals surface area (Å²) in [6, 6.07) is 9.03. The van der Waals surface area contributed by atoms with E-state index in [-0.39, 0.29) is 11.6 Å². The van der Waals surface area contributed by atoms with E-state index in [9.17, 15) is 4.79 Å². The van der Waals surface area contributed by atoms with Crippen LogP contribution in [-0.2, 0) is 4.74 Å². The lowest BCUT2D eigenvalue weighted by Crippen LogP contribution is -2.41. The highest BCUT2D eigenvalue weighted by Crippen LogP contribution is 2.23. The molecule has 7 nitrogen and oxygen atoms in total. The van der Waals surface area contributed by atoms with Crippen LogP contribution in [0, 0.1) is 0 Å². The van der Waals surface area contributed by atoms with Crippen molar-refractivity contribution in [1.29, 1.82) is 0 Å². The first kappa shape index (κ1) is 16.5. The molecule has 128 valence electrons. The van der Waals surface area contributed by atoms with Gasteiger partial charge in [0.1, 0.15) is 5.75 Å². The molecule has 0 saturated carbocycles. The standard InChI is InChI=1S/C17H21N3O4/c1-22-14-4-2-13(3-5-14)16-12-15(19-24-16)17(21)18-6-7-20-8-10-23-11-9-20/h2-5,12H,6-11H2,1H3,(H,18,21). The molecule has 24 heavy (non-hydrogen) atoms. The van der Waals surface area contributed by atoms with Gasteiger partial charge in [0.2, 0.25) is 0 Å². The summed E-state index contributed by atoms with van der Waals surface area (Å²) in [5.41, 5.74) is 1.12. The van der Waals surface area contributed by atoms with Crippen molar-refractivity contribution in [3.63, 3.8) is 0 Å². The van der Waals surface area contributed by atoms with Crippen molar-refractivity contribution in [1.82, 2.24) is 15.4 Å². The number of ether oxygens (including phenoxy) is 2. The van der Waals surface area contributed by atoms with E-state index < -0.39 is 0 Å².